The summed E-state index contributed by atoms with van der Waals surface area (Å²) in [5.41, 5.74) is 1.90. The lowest BCUT2D eigenvalue weighted by molar-refractivity contribution is 0.0696. The van der Waals surface area contributed by atoms with Gasteiger partial charge in [0, 0.05) is 11.6 Å². The first-order chi connectivity index (χ1) is 10.1. The normalized spacial score (nSPS) is 20.3. The second-order valence-electron chi connectivity index (χ2n) is 5.76. The van der Waals surface area contributed by atoms with E-state index in [-0.39, 0.29) is 0 Å². The number of nitrogens with one attached hydrogen (secondary N) is 1. The van der Waals surface area contributed by atoms with E-state index in [1.54, 1.807) is 12.1 Å². The van der Waals surface area contributed by atoms with Crippen LogP contribution in [0.1, 0.15) is 46.7 Å². The molecule has 1 aromatic carbocycles. The van der Waals surface area contributed by atoms with Gasteiger partial charge in [-0.25, -0.2) is 4.79 Å². The molecule has 21 heavy (non-hydrogen) atoms. The number of carboxylic acid groups (broad SMARTS) is 1. The minimum atomic E-state index is -0.904. The average Bonchev–Trinajstić information content (AvgIpc) is 3.00. The molecular formula is C17H19NO3. The van der Waals surface area contributed by atoms with Gasteiger partial charge in [0.25, 0.3) is 0 Å². The molecule has 0 radical (unpaired) electrons. The number of aromatic carboxylic acids is 1. The highest BCUT2D eigenvalue weighted by Crippen LogP contribution is 2.47. The third kappa shape index (κ3) is 2.79. The van der Waals surface area contributed by atoms with Gasteiger partial charge in [-0.15, -0.1) is 0 Å². The van der Waals surface area contributed by atoms with Crippen molar-refractivity contribution in [2.75, 3.05) is 5.32 Å². The van der Waals surface area contributed by atoms with Gasteiger partial charge < -0.3 is 14.8 Å². The molecule has 4 nitrogen and oxygen atoms in total. The molecule has 2 atom stereocenters. The summed E-state index contributed by atoms with van der Waals surface area (Å²) < 4.78 is 5.84. The maximum absolute atomic E-state index is 11.1. The molecule has 0 bridgehead atoms. The predicted molar refractivity (Wildman–Crippen MR) is 80.7 cm³/mol. The van der Waals surface area contributed by atoms with Gasteiger partial charge in [0.15, 0.2) is 0 Å². The fourth-order valence-corrected chi connectivity index (χ4v) is 2.65. The molecule has 110 valence electrons. The summed E-state index contributed by atoms with van der Waals surface area (Å²) in [6.07, 6.45) is 1.21. The van der Waals surface area contributed by atoms with Crippen molar-refractivity contribution in [3.63, 3.8) is 0 Å². The van der Waals surface area contributed by atoms with E-state index in [0.29, 0.717) is 18.0 Å². The van der Waals surface area contributed by atoms with E-state index in [2.05, 4.69) is 12.2 Å². The fraction of sp³-hybridized carbons (Fsp3) is 0.353. The highest BCUT2D eigenvalue weighted by atomic mass is 16.4. The first kappa shape index (κ1) is 13.7. The molecule has 0 aliphatic heterocycles. The van der Waals surface area contributed by atoms with Gasteiger partial charge in [-0.2, -0.15) is 0 Å². The molecule has 1 heterocycles. The van der Waals surface area contributed by atoms with Crippen molar-refractivity contribution in [3.8, 4) is 0 Å². The molecule has 0 saturated heterocycles. The van der Waals surface area contributed by atoms with Crippen LogP contribution in [-0.4, -0.2) is 11.1 Å². The molecule has 1 aliphatic carbocycles. The van der Waals surface area contributed by atoms with Crippen LogP contribution in [0.25, 0.3) is 0 Å². The third-order valence-electron chi connectivity index (χ3n) is 4.17. The molecular weight excluding hydrogens is 266 g/mol. The maximum atomic E-state index is 11.1. The van der Waals surface area contributed by atoms with Crippen LogP contribution in [0.4, 0.5) is 5.69 Å². The zero-order valence-electron chi connectivity index (χ0n) is 12.2. The van der Waals surface area contributed by atoms with Crippen molar-refractivity contribution >= 4 is 11.7 Å². The zero-order valence-corrected chi connectivity index (χ0v) is 12.2. The summed E-state index contributed by atoms with van der Waals surface area (Å²) in [5, 5.41) is 12.4. The SMILES string of the molecule is Cc1c(NCc2ccc(C3CC3C)o2)cccc1C(=O)O. The van der Waals surface area contributed by atoms with Crippen LogP contribution in [-0.2, 0) is 6.54 Å². The zero-order chi connectivity index (χ0) is 15.0. The molecule has 2 N–H and O–H groups in total. The Kier molecular flexibility index (Phi) is 3.45. The second-order valence-corrected chi connectivity index (χ2v) is 5.76. The fourth-order valence-electron chi connectivity index (χ4n) is 2.65. The Hall–Kier alpha value is -2.23. The van der Waals surface area contributed by atoms with Gasteiger partial charge in [0.1, 0.15) is 11.5 Å². The Balaban J connectivity index is 1.69. The molecule has 1 fully saturated rings. The predicted octanol–water partition coefficient (Wildman–Crippen LogP) is 4.02. The van der Waals surface area contributed by atoms with Gasteiger partial charge >= 0.3 is 5.97 Å². The van der Waals surface area contributed by atoms with Crippen molar-refractivity contribution in [2.45, 2.75) is 32.7 Å². The number of hydrogen-bond acceptors (Lipinski definition) is 3. The Morgan fingerprint density at radius 3 is 2.81 bits per heavy atom. The minimum absolute atomic E-state index is 0.326. The summed E-state index contributed by atoms with van der Waals surface area (Å²) in [5.74, 6) is 2.35. The van der Waals surface area contributed by atoms with E-state index in [9.17, 15) is 4.79 Å². The third-order valence-corrected chi connectivity index (χ3v) is 4.17. The van der Waals surface area contributed by atoms with Gasteiger partial charge in [-0.1, -0.05) is 13.0 Å². The van der Waals surface area contributed by atoms with Crippen LogP contribution in [0.5, 0.6) is 0 Å². The van der Waals surface area contributed by atoms with Crippen molar-refractivity contribution in [1.82, 2.24) is 0 Å². The lowest BCUT2D eigenvalue weighted by Crippen LogP contribution is -2.05. The molecule has 0 amide bonds. The van der Waals surface area contributed by atoms with Crippen molar-refractivity contribution in [2.24, 2.45) is 5.92 Å². The van der Waals surface area contributed by atoms with Crippen LogP contribution in [0, 0.1) is 12.8 Å². The summed E-state index contributed by atoms with van der Waals surface area (Å²) in [6.45, 7) is 4.60. The van der Waals surface area contributed by atoms with Crippen LogP contribution >= 0.6 is 0 Å². The Labute approximate surface area is 123 Å². The number of furan rings is 1. The van der Waals surface area contributed by atoms with Crippen LogP contribution in [0.15, 0.2) is 34.7 Å². The number of carbonyl (C=O) groups is 1. The number of benzene rings is 1. The Bertz CT molecular complexity index is 674. The van der Waals surface area contributed by atoms with E-state index >= 15 is 0 Å². The molecule has 0 spiro atoms. The highest BCUT2D eigenvalue weighted by molar-refractivity contribution is 5.91. The first-order valence-corrected chi connectivity index (χ1v) is 7.21. The van der Waals surface area contributed by atoms with Gasteiger partial charge in [0.05, 0.1) is 12.1 Å². The highest BCUT2D eigenvalue weighted by Gasteiger charge is 2.36. The van der Waals surface area contributed by atoms with Crippen molar-refractivity contribution in [1.29, 1.82) is 0 Å². The van der Waals surface area contributed by atoms with E-state index in [1.807, 2.05) is 25.1 Å². The van der Waals surface area contributed by atoms with Gasteiger partial charge in [0.2, 0.25) is 0 Å². The van der Waals surface area contributed by atoms with Crippen molar-refractivity contribution < 1.29 is 14.3 Å². The molecule has 1 aromatic heterocycles. The average molecular weight is 285 g/mol. The van der Waals surface area contributed by atoms with E-state index in [1.165, 1.54) is 6.42 Å². The maximum Gasteiger partial charge on any atom is 0.336 e. The topological polar surface area (TPSA) is 62.5 Å². The summed E-state index contributed by atoms with van der Waals surface area (Å²) in [7, 11) is 0. The first-order valence-electron chi connectivity index (χ1n) is 7.21. The molecule has 2 aromatic rings. The Morgan fingerprint density at radius 1 is 1.38 bits per heavy atom. The van der Waals surface area contributed by atoms with E-state index in [0.717, 1.165) is 28.7 Å². The molecule has 1 saturated carbocycles. The second kappa shape index (κ2) is 5.28. The largest absolute Gasteiger partial charge is 0.478 e. The standard InChI is InChI=1S/C17H19NO3/c1-10-8-14(10)16-7-6-12(21-16)9-18-15-5-3-4-13(11(15)2)17(19)20/h3-7,10,14,18H,8-9H2,1-2H3,(H,19,20). The number of carboxylic acids is 1. The quantitative estimate of drug-likeness (QED) is 0.871. The van der Waals surface area contributed by atoms with E-state index in [4.69, 9.17) is 9.52 Å². The van der Waals surface area contributed by atoms with Crippen molar-refractivity contribution in [3.05, 3.63) is 53.0 Å². The summed E-state index contributed by atoms with van der Waals surface area (Å²) in [6, 6.07) is 9.28. The van der Waals surface area contributed by atoms with Crippen LogP contribution in [0.3, 0.4) is 0 Å². The molecule has 1 aliphatic rings. The summed E-state index contributed by atoms with van der Waals surface area (Å²) in [4.78, 5) is 11.1. The molecule has 2 unspecified atom stereocenters. The lowest BCUT2D eigenvalue weighted by atomic mass is 10.1. The van der Waals surface area contributed by atoms with E-state index < -0.39 is 5.97 Å². The van der Waals surface area contributed by atoms with Crippen LogP contribution < -0.4 is 5.32 Å². The van der Waals surface area contributed by atoms with Gasteiger partial charge in [-0.05, 0) is 49.1 Å². The summed E-state index contributed by atoms with van der Waals surface area (Å²) >= 11 is 0. The monoisotopic (exact) mass is 285 g/mol. The van der Waals surface area contributed by atoms with Gasteiger partial charge in [-0.3, -0.25) is 0 Å². The van der Waals surface area contributed by atoms with Crippen LogP contribution in [0.2, 0.25) is 0 Å². The Morgan fingerprint density at radius 2 is 2.14 bits per heavy atom. The lowest BCUT2D eigenvalue weighted by Gasteiger charge is -2.10. The molecule has 4 heteroatoms. The minimum Gasteiger partial charge on any atom is -0.478 e. The smallest absolute Gasteiger partial charge is 0.336 e. The number of hydrogen-bond donors (Lipinski definition) is 2. The number of rotatable bonds is 5. The molecule has 3 rings (SSSR count). The number of anilines is 1.